The molecule has 0 atom stereocenters. The molecule has 0 bridgehead atoms. The maximum Gasteiger partial charge on any atom is 0.160 e. The number of ether oxygens (including phenoxy) is 2. The van der Waals surface area contributed by atoms with Gasteiger partial charge in [-0.05, 0) is 29.8 Å². The summed E-state index contributed by atoms with van der Waals surface area (Å²) in [5, 5.41) is 9.60. The Kier molecular flexibility index (Phi) is 3.45. The Bertz CT molecular complexity index is 485. The number of phenols is 1. The van der Waals surface area contributed by atoms with E-state index in [1.807, 2.05) is 12.1 Å². The Morgan fingerprint density at radius 1 is 1.29 bits per heavy atom. The zero-order chi connectivity index (χ0) is 12.1. The summed E-state index contributed by atoms with van der Waals surface area (Å²) in [4.78, 5) is 3.95. The van der Waals surface area contributed by atoms with E-state index in [-0.39, 0.29) is 5.75 Å². The third-order valence-corrected chi connectivity index (χ3v) is 2.28. The molecule has 1 N–H and O–H groups in total. The Hall–Kier alpha value is -2.23. The number of hydrogen-bond donors (Lipinski definition) is 1. The largest absolute Gasteiger partial charge is 0.504 e. The van der Waals surface area contributed by atoms with Crippen LogP contribution in [0.3, 0.4) is 0 Å². The second-order valence-corrected chi connectivity index (χ2v) is 3.48. The van der Waals surface area contributed by atoms with Crippen LogP contribution < -0.4 is 9.47 Å². The van der Waals surface area contributed by atoms with E-state index in [9.17, 15) is 5.11 Å². The highest BCUT2D eigenvalue weighted by Gasteiger charge is 2.03. The fourth-order valence-electron chi connectivity index (χ4n) is 1.42. The standard InChI is InChI=1S/C13H13NO3/c1-16-13-5-4-10(7-12(13)15)9-17-11-3-2-6-14-8-11/h2-8,15H,9H2,1H3. The predicted molar refractivity (Wildman–Crippen MR) is 63.2 cm³/mol. The van der Waals surface area contributed by atoms with Crippen LogP contribution in [0.2, 0.25) is 0 Å². The molecule has 0 amide bonds. The van der Waals surface area contributed by atoms with Gasteiger partial charge in [-0.1, -0.05) is 6.07 Å². The van der Waals surface area contributed by atoms with Gasteiger partial charge in [0.2, 0.25) is 0 Å². The van der Waals surface area contributed by atoms with Crippen molar-refractivity contribution in [1.29, 1.82) is 0 Å². The number of phenolic OH excluding ortho intramolecular Hbond substituents is 1. The first-order valence-corrected chi connectivity index (χ1v) is 5.18. The minimum atomic E-state index is 0.111. The summed E-state index contributed by atoms with van der Waals surface area (Å²) in [5.41, 5.74) is 0.868. The van der Waals surface area contributed by atoms with E-state index in [0.717, 1.165) is 5.56 Å². The fourth-order valence-corrected chi connectivity index (χ4v) is 1.42. The van der Waals surface area contributed by atoms with Crippen LogP contribution >= 0.6 is 0 Å². The Morgan fingerprint density at radius 3 is 2.82 bits per heavy atom. The average Bonchev–Trinajstić information content (AvgIpc) is 2.38. The third-order valence-electron chi connectivity index (χ3n) is 2.28. The fraction of sp³-hybridized carbons (Fsp3) is 0.154. The molecule has 17 heavy (non-hydrogen) atoms. The maximum atomic E-state index is 9.60. The number of aromatic hydroxyl groups is 1. The monoisotopic (exact) mass is 231 g/mol. The minimum Gasteiger partial charge on any atom is -0.504 e. The number of methoxy groups -OCH3 is 1. The van der Waals surface area contributed by atoms with Crippen LogP contribution in [0.1, 0.15) is 5.56 Å². The Balaban J connectivity index is 2.02. The normalized spacial score (nSPS) is 9.94. The summed E-state index contributed by atoms with van der Waals surface area (Å²) in [6, 6.07) is 8.80. The lowest BCUT2D eigenvalue weighted by Crippen LogP contribution is -1.96. The van der Waals surface area contributed by atoms with E-state index in [1.165, 1.54) is 7.11 Å². The molecule has 0 radical (unpaired) electrons. The van der Waals surface area contributed by atoms with Crippen molar-refractivity contribution in [3.63, 3.8) is 0 Å². The number of nitrogens with zero attached hydrogens (tertiary/aromatic N) is 1. The van der Waals surface area contributed by atoms with Gasteiger partial charge in [-0.2, -0.15) is 0 Å². The van der Waals surface area contributed by atoms with Gasteiger partial charge in [0.25, 0.3) is 0 Å². The van der Waals surface area contributed by atoms with Crippen LogP contribution in [-0.2, 0) is 6.61 Å². The van der Waals surface area contributed by atoms with E-state index < -0.39 is 0 Å². The van der Waals surface area contributed by atoms with Crippen molar-refractivity contribution < 1.29 is 14.6 Å². The molecule has 0 fully saturated rings. The van der Waals surface area contributed by atoms with Crippen LogP contribution in [0, 0.1) is 0 Å². The molecule has 88 valence electrons. The molecular weight excluding hydrogens is 218 g/mol. The van der Waals surface area contributed by atoms with Crippen LogP contribution in [0.5, 0.6) is 17.2 Å². The first kappa shape index (κ1) is 11.3. The van der Waals surface area contributed by atoms with Gasteiger partial charge in [0, 0.05) is 6.20 Å². The number of pyridine rings is 1. The van der Waals surface area contributed by atoms with Crippen molar-refractivity contribution >= 4 is 0 Å². The molecule has 0 aliphatic rings. The van der Waals surface area contributed by atoms with E-state index in [4.69, 9.17) is 9.47 Å². The minimum absolute atomic E-state index is 0.111. The van der Waals surface area contributed by atoms with Gasteiger partial charge < -0.3 is 14.6 Å². The van der Waals surface area contributed by atoms with Crippen LogP contribution in [0.4, 0.5) is 0 Å². The first-order chi connectivity index (χ1) is 8.29. The van der Waals surface area contributed by atoms with Crippen LogP contribution in [-0.4, -0.2) is 17.2 Å². The van der Waals surface area contributed by atoms with Crippen LogP contribution in [0.15, 0.2) is 42.7 Å². The van der Waals surface area contributed by atoms with Gasteiger partial charge in [-0.15, -0.1) is 0 Å². The molecular formula is C13H13NO3. The van der Waals surface area contributed by atoms with Gasteiger partial charge >= 0.3 is 0 Å². The van der Waals surface area contributed by atoms with Crippen molar-refractivity contribution in [3.8, 4) is 17.2 Å². The second-order valence-electron chi connectivity index (χ2n) is 3.48. The number of aromatic nitrogens is 1. The first-order valence-electron chi connectivity index (χ1n) is 5.18. The molecule has 0 unspecified atom stereocenters. The zero-order valence-electron chi connectivity index (χ0n) is 9.46. The molecule has 2 rings (SSSR count). The summed E-state index contributed by atoms with van der Waals surface area (Å²) in [7, 11) is 1.51. The molecule has 2 aromatic rings. The molecule has 1 aromatic carbocycles. The van der Waals surface area contributed by atoms with Crippen molar-refractivity contribution in [2.45, 2.75) is 6.61 Å². The number of benzene rings is 1. The smallest absolute Gasteiger partial charge is 0.160 e. The lowest BCUT2D eigenvalue weighted by Gasteiger charge is -2.08. The van der Waals surface area contributed by atoms with Crippen molar-refractivity contribution in [2.24, 2.45) is 0 Å². The lowest BCUT2D eigenvalue weighted by molar-refractivity contribution is 0.303. The molecule has 0 aliphatic heterocycles. The summed E-state index contributed by atoms with van der Waals surface area (Å²) in [6.07, 6.45) is 3.33. The van der Waals surface area contributed by atoms with Gasteiger partial charge in [0.05, 0.1) is 13.3 Å². The topological polar surface area (TPSA) is 51.6 Å². The van der Waals surface area contributed by atoms with Crippen molar-refractivity contribution in [2.75, 3.05) is 7.11 Å². The summed E-state index contributed by atoms with van der Waals surface area (Å²) in [5.74, 6) is 1.26. The molecule has 0 saturated heterocycles. The highest BCUT2D eigenvalue weighted by Crippen LogP contribution is 2.26. The Labute approximate surface area is 99.5 Å². The third kappa shape index (κ3) is 2.87. The lowest BCUT2D eigenvalue weighted by atomic mass is 10.2. The van der Waals surface area contributed by atoms with Gasteiger partial charge in [0.15, 0.2) is 11.5 Å². The highest BCUT2D eigenvalue weighted by molar-refractivity contribution is 5.41. The van der Waals surface area contributed by atoms with E-state index in [1.54, 1.807) is 30.6 Å². The zero-order valence-corrected chi connectivity index (χ0v) is 9.46. The quantitative estimate of drug-likeness (QED) is 0.877. The van der Waals surface area contributed by atoms with E-state index in [2.05, 4.69) is 4.98 Å². The van der Waals surface area contributed by atoms with E-state index >= 15 is 0 Å². The molecule has 1 heterocycles. The van der Waals surface area contributed by atoms with Crippen LogP contribution in [0.25, 0.3) is 0 Å². The molecule has 0 saturated carbocycles. The number of rotatable bonds is 4. The molecule has 1 aromatic heterocycles. The van der Waals surface area contributed by atoms with E-state index in [0.29, 0.717) is 18.1 Å². The average molecular weight is 231 g/mol. The molecule has 0 spiro atoms. The highest BCUT2D eigenvalue weighted by atomic mass is 16.5. The summed E-state index contributed by atoms with van der Waals surface area (Å²) in [6.45, 7) is 0.378. The SMILES string of the molecule is COc1ccc(COc2cccnc2)cc1O. The predicted octanol–water partition coefficient (Wildman–Crippen LogP) is 2.37. The maximum absolute atomic E-state index is 9.60. The van der Waals surface area contributed by atoms with Gasteiger partial charge in [0.1, 0.15) is 12.4 Å². The van der Waals surface area contributed by atoms with Crippen molar-refractivity contribution in [1.82, 2.24) is 4.98 Å². The number of hydrogen-bond acceptors (Lipinski definition) is 4. The molecule has 4 nitrogen and oxygen atoms in total. The summed E-state index contributed by atoms with van der Waals surface area (Å²) < 4.78 is 10.5. The van der Waals surface area contributed by atoms with Crippen molar-refractivity contribution in [3.05, 3.63) is 48.3 Å². The van der Waals surface area contributed by atoms with Gasteiger partial charge in [-0.25, -0.2) is 0 Å². The molecule has 0 aliphatic carbocycles. The Morgan fingerprint density at radius 2 is 2.18 bits per heavy atom. The van der Waals surface area contributed by atoms with Gasteiger partial charge in [-0.3, -0.25) is 4.98 Å². The second kappa shape index (κ2) is 5.21. The summed E-state index contributed by atoms with van der Waals surface area (Å²) >= 11 is 0. The molecule has 4 heteroatoms.